The molecule has 20 heavy (non-hydrogen) atoms. The van der Waals surface area contributed by atoms with E-state index in [0.717, 1.165) is 10.0 Å². The number of nitrogens with one attached hydrogen (secondary N) is 1. The normalized spacial score (nSPS) is 12.1. The molecule has 0 bridgehead atoms. The van der Waals surface area contributed by atoms with Gasteiger partial charge in [-0.2, -0.15) is 0 Å². The lowest BCUT2D eigenvalue weighted by atomic mass is 10.0. The van der Waals surface area contributed by atoms with Crippen LogP contribution in [0.2, 0.25) is 0 Å². The predicted molar refractivity (Wildman–Crippen MR) is 81.1 cm³/mol. The number of methoxy groups -OCH3 is 1. The first-order chi connectivity index (χ1) is 9.42. The largest absolute Gasteiger partial charge is 0.469 e. The zero-order valence-electron chi connectivity index (χ0n) is 12.0. The van der Waals surface area contributed by atoms with Crippen molar-refractivity contribution in [3.05, 3.63) is 34.3 Å². The van der Waals surface area contributed by atoms with Crippen LogP contribution in [0.15, 0.2) is 28.7 Å². The molecule has 110 valence electrons. The van der Waals surface area contributed by atoms with Crippen molar-refractivity contribution in [1.29, 1.82) is 0 Å². The van der Waals surface area contributed by atoms with Crippen molar-refractivity contribution in [1.82, 2.24) is 5.32 Å². The van der Waals surface area contributed by atoms with Crippen molar-refractivity contribution in [2.24, 2.45) is 5.92 Å². The van der Waals surface area contributed by atoms with Crippen molar-refractivity contribution in [2.75, 3.05) is 7.11 Å². The van der Waals surface area contributed by atoms with E-state index in [1.807, 2.05) is 38.1 Å². The number of benzene rings is 1. The Hall–Kier alpha value is -1.36. The lowest BCUT2D eigenvalue weighted by molar-refractivity contribution is -0.141. The van der Waals surface area contributed by atoms with Gasteiger partial charge in [0.25, 0.3) is 0 Å². The molecule has 1 aromatic rings. The predicted octanol–water partition coefficient (Wildman–Crippen LogP) is 3.22. The molecule has 4 nitrogen and oxygen atoms in total. The van der Waals surface area contributed by atoms with Gasteiger partial charge in [0.15, 0.2) is 0 Å². The van der Waals surface area contributed by atoms with Crippen LogP contribution in [0.4, 0.5) is 0 Å². The van der Waals surface area contributed by atoms with Crippen molar-refractivity contribution in [2.45, 2.75) is 32.7 Å². The molecule has 1 amide bonds. The van der Waals surface area contributed by atoms with Crippen LogP contribution in [0.5, 0.6) is 0 Å². The summed E-state index contributed by atoms with van der Waals surface area (Å²) >= 11 is 3.36. The minimum Gasteiger partial charge on any atom is -0.469 e. The molecule has 0 aliphatic heterocycles. The molecule has 0 fully saturated rings. The minimum atomic E-state index is -0.359. The summed E-state index contributed by atoms with van der Waals surface area (Å²) in [5.74, 6) is -0.127. The molecule has 0 aliphatic rings. The van der Waals surface area contributed by atoms with E-state index in [1.165, 1.54) is 7.11 Å². The van der Waals surface area contributed by atoms with E-state index in [1.54, 1.807) is 0 Å². The molecule has 0 aliphatic carbocycles. The van der Waals surface area contributed by atoms with Crippen LogP contribution in [0.1, 0.15) is 38.3 Å². The van der Waals surface area contributed by atoms with Gasteiger partial charge >= 0.3 is 5.97 Å². The Balaban J connectivity index is 2.82. The number of hydrogen-bond acceptors (Lipinski definition) is 3. The number of esters is 1. The average Bonchev–Trinajstić information content (AvgIpc) is 2.37. The molecule has 1 aromatic carbocycles. The van der Waals surface area contributed by atoms with E-state index in [2.05, 4.69) is 26.0 Å². The van der Waals surface area contributed by atoms with Gasteiger partial charge in [0, 0.05) is 10.9 Å². The van der Waals surface area contributed by atoms with Crippen molar-refractivity contribution in [3.63, 3.8) is 0 Å². The first-order valence-electron chi connectivity index (χ1n) is 6.54. The highest BCUT2D eigenvalue weighted by Crippen LogP contribution is 2.20. The topological polar surface area (TPSA) is 55.4 Å². The Kier molecular flexibility index (Phi) is 6.71. The number of amides is 1. The van der Waals surface area contributed by atoms with Crippen LogP contribution < -0.4 is 5.32 Å². The third kappa shape index (κ3) is 5.74. The second kappa shape index (κ2) is 8.04. The quantitative estimate of drug-likeness (QED) is 0.808. The number of halogens is 1. The van der Waals surface area contributed by atoms with Gasteiger partial charge in [0.1, 0.15) is 0 Å². The third-order valence-electron chi connectivity index (χ3n) is 2.80. The highest BCUT2D eigenvalue weighted by molar-refractivity contribution is 9.10. The number of carbonyl (C=O) groups is 2. The number of rotatable bonds is 6. The fraction of sp³-hybridized carbons (Fsp3) is 0.467. The smallest absolute Gasteiger partial charge is 0.307 e. The summed E-state index contributed by atoms with van der Waals surface area (Å²) in [6.45, 7) is 3.96. The number of carbonyl (C=O) groups excluding carboxylic acids is 2. The second-order valence-electron chi connectivity index (χ2n) is 5.05. The van der Waals surface area contributed by atoms with E-state index in [9.17, 15) is 9.59 Å². The van der Waals surface area contributed by atoms with E-state index in [4.69, 9.17) is 0 Å². The average molecular weight is 342 g/mol. The molecule has 1 rings (SSSR count). The molecule has 1 N–H and O–H groups in total. The molecule has 0 saturated heterocycles. The van der Waals surface area contributed by atoms with Gasteiger partial charge in [-0.1, -0.05) is 41.9 Å². The lowest BCUT2D eigenvalue weighted by Gasteiger charge is -2.19. The molecule has 0 radical (unpaired) electrons. The number of ether oxygens (including phenoxy) is 1. The Morgan fingerprint density at radius 1 is 1.20 bits per heavy atom. The Morgan fingerprint density at radius 2 is 1.80 bits per heavy atom. The Labute approximate surface area is 128 Å². The Bertz CT molecular complexity index is 457. The van der Waals surface area contributed by atoms with Gasteiger partial charge in [-0.25, -0.2) is 0 Å². The third-order valence-corrected chi connectivity index (χ3v) is 3.33. The van der Waals surface area contributed by atoms with Crippen LogP contribution in [0.25, 0.3) is 0 Å². The molecule has 5 heteroatoms. The maximum Gasteiger partial charge on any atom is 0.307 e. The van der Waals surface area contributed by atoms with E-state index in [-0.39, 0.29) is 30.3 Å². The molecular formula is C15H20BrNO3. The molecule has 0 aromatic heterocycles. The molecular weight excluding hydrogens is 322 g/mol. The van der Waals surface area contributed by atoms with Crippen LogP contribution in [0.3, 0.4) is 0 Å². The monoisotopic (exact) mass is 341 g/mol. The molecule has 0 heterocycles. The molecule has 0 saturated carbocycles. The zero-order chi connectivity index (χ0) is 15.1. The summed E-state index contributed by atoms with van der Waals surface area (Å²) in [6.07, 6.45) is 0.566. The summed E-state index contributed by atoms with van der Waals surface area (Å²) in [5.41, 5.74) is 0.885. The van der Waals surface area contributed by atoms with E-state index >= 15 is 0 Å². The van der Waals surface area contributed by atoms with Crippen LogP contribution in [-0.2, 0) is 14.3 Å². The molecule has 1 unspecified atom stereocenters. The maximum absolute atomic E-state index is 11.9. The first-order valence-corrected chi connectivity index (χ1v) is 7.33. The van der Waals surface area contributed by atoms with Gasteiger partial charge in [-0.3, -0.25) is 9.59 Å². The Morgan fingerprint density at radius 3 is 2.30 bits per heavy atom. The van der Waals surface area contributed by atoms with Crippen LogP contribution in [-0.4, -0.2) is 19.0 Å². The summed E-state index contributed by atoms with van der Waals surface area (Å²) < 4.78 is 5.64. The van der Waals surface area contributed by atoms with Gasteiger partial charge in [0.2, 0.25) is 5.91 Å². The van der Waals surface area contributed by atoms with Gasteiger partial charge in [0.05, 0.1) is 19.6 Å². The van der Waals surface area contributed by atoms with E-state index in [0.29, 0.717) is 6.42 Å². The fourth-order valence-electron chi connectivity index (χ4n) is 1.82. The first kappa shape index (κ1) is 16.7. The van der Waals surface area contributed by atoms with Crippen molar-refractivity contribution in [3.8, 4) is 0 Å². The fourth-order valence-corrected chi connectivity index (χ4v) is 2.09. The van der Waals surface area contributed by atoms with Crippen molar-refractivity contribution < 1.29 is 14.3 Å². The zero-order valence-corrected chi connectivity index (χ0v) is 13.6. The standard InChI is InChI=1S/C15H20BrNO3/c1-10(2)8-14(18)17-13(9-15(19)20-3)11-4-6-12(16)7-5-11/h4-7,10,13H,8-9H2,1-3H3,(H,17,18). The van der Waals surface area contributed by atoms with Gasteiger partial charge in [-0.15, -0.1) is 0 Å². The highest BCUT2D eigenvalue weighted by Gasteiger charge is 2.19. The molecule has 1 atom stereocenters. The number of hydrogen-bond donors (Lipinski definition) is 1. The maximum atomic E-state index is 11.9. The highest BCUT2D eigenvalue weighted by atomic mass is 79.9. The summed E-state index contributed by atoms with van der Waals surface area (Å²) in [7, 11) is 1.34. The summed E-state index contributed by atoms with van der Waals surface area (Å²) in [6, 6.07) is 7.17. The van der Waals surface area contributed by atoms with Crippen LogP contribution >= 0.6 is 15.9 Å². The van der Waals surface area contributed by atoms with Gasteiger partial charge in [-0.05, 0) is 23.6 Å². The van der Waals surface area contributed by atoms with Crippen molar-refractivity contribution >= 4 is 27.8 Å². The SMILES string of the molecule is COC(=O)CC(NC(=O)CC(C)C)c1ccc(Br)cc1. The summed E-state index contributed by atoms with van der Waals surface area (Å²) in [5, 5.41) is 2.89. The lowest BCUT2D eigenvalue weighted by Crippen LogP contribution is -2.31. The summed E-state index contributed by atoms with van der Waals surface area (Å²) in [4.78, 5) is 23.4. The minimum absolute atomic E-state index is 0.0585. The molecule has 0 spiro atoms. The van der Waals surface area contributed by atoms with Crippen LogP contribution in [0, 0.1) is 5.92 Å². The second-order valence-corrected chi connectivity index (χ2v) is 5.97. The van der Waals surface area contributed by atoms with E-state index < -0.39 is 0 Å². The van der Waals surface area contributed by atoms with Gasteiger partial charge < -0.3 is 10.1 Å².